The summed E-state index contributed by atoms with van der Waals surface area (Å²) in [4.78, 5) is 50.6. The maximum absolute atomic E-state index is 13.2. The van der Waals surface area contributed by atoms with Crippen LogP contribution in [0.1, 0.15) is 12.7 Å². The van der Waals surface area contributed by atoms with Crippen molar-refractivity contribution in [3.05, 3.63) is 52.5 Å². The maximum Gasteiger partial charge on any atom is 0.352 e. The number of aliphatic carboxylic acids is 1. The van der Waals surface area contributed by atoms with Gasteiger partial charge in [0.2, 0.25) is 11.5 Å². The van der Waals surface area contributed by atoms with Crippen LogP contribution in [0.3, 0.4) is 0 Å². The Morgan fingerprint density at radius 2 is 2.20 bits per heavy atom. The Hall–Kier alpha value is -3.74. The quantitative estimate of drug-likeness (QED) is 0.123. The molecule has 2 atom stereocenters. The van der Waals surface area contributed by atoms with Crippen molar-refractivity contribution in [3.8, 4) is 0 Å². The van der Waals surface area contributed by atoms with Gasteiger partial charge in [-0.2, -0.15) is 9.36 Å². The van der Waals surface area contributed by atoms with Crippen molar-refractivity contribution in [2.24, 2.45) is 10.9 Å². The number of allylic oxidation sites excluding steroid dienone is 2. The number of nitrogens with two attached hydrogens (primary N) is 2. The molecule has 1 saturated heterocycles. The number of nitrogen functional groups attached to an aromatic ring is 1. The molecule has 212 valence electrons. The lowest BCUT2D eigenvalue weighted by atomic mass is 10.0. The molecular weight excluding hydrogens is 581 g/mol. The highest BCUT2D eigenvalue weighted by atomic mass is 32.2. The Labute approximate surface area is 241 Å². The summed E-state index contributed by atoms with van der Waals surface area (Å²) < 4.78 is 4.00. The zero-order valence-corrected chi connectivity index (χ0v) is 23.6. The number of oxime groups is 1. The second-order valence-corrected chi connectivity index (χ2v) is 11.6. The van der Waals surface area contributed by atoms with Gasteiger partial charge >= 0.3 is 5.97 Å². The maximum atomic E-state index is 13.2. The first-order valence-electron chi connectivity index (χ1n) is 12.1. The predicted octanol–water partition coefficient (Wildman–Crippen LogP) is -0.419. The number of hydrazine groups is 1. The van der Waals surface area contributed by atoms with Crippen molar-refractivity contribution in [1.29, 1.82) is 0 Å². The lowest BCUT2D eigenvalue weighted by Crippen LogP contribution is -2.71. The van der Waals surface area contributed by atoms with E-state index in [0.29, 0.717) is 17.9 Å². The van der Waals surface area contributed by atoms with Gasteiger partial charge in [-0.1, -0.05) is 5.16 Å². The van der Waals surface area contributed by atoms with Gasteiger partial charge in [0.05, 0.1) is 5.03 Å². The van der Waals surface area contributed by atoms with Crippen LogP contribution in [0.15, 0.2) is 51.8 Å². The first-order valence-corrected chi connectivity index (χ1v) is 14.9. The summed E-state index contributed by atoms with van der Waals surface area (Å²) in [5.74, 6) is -0.560. The number of nitrogens with zero attached hydrogens (tertiary/aromatic N) is 6. The summed E-state index contributed by atoms with van der Waals surface area (Å²) >= 11 is 3.86. The highest BCUT2D eigenvalue weighted by Crippen LogP contribution is 2.41. The molecule has 0 aromatic carbocycles. The Morgan fingerprint density at radius 1 is 1.38 bits per heavy atom. The number of carbonyl (C=O) groups is 3. The zero-order chi connectivity index (χ0) is 28.4. The summed E-state index contributed by atoms with van der Waals surface area (Å²) in [5.41, 5.74) is 14.8. The third-order valence-corrected chi connectivity index (χ3v) is 8.84. The van der Waals surface area contributed by atoms with E-state index >= 15 is 0 Å². The lowest BCUT2D eigenvalue weighted by molar-refractivity contribution is -0.150. The van der Waals surface area contributed by atoms with Gasteiger partial charge in [0.15, 0.2) is 5.13 Å². The minimum absolute atomic E-state index is 0.0269. The molecule has 2 amide bonds. The Morgan fingerprint density at radius 3 is 2.90 bits per heavy atom. The van der Waals surface area contributed by atoms with Crippen LogP contribution in [-0.4, -0.2) is 95.4 Å². The number of thioether (sulfide) groups is 2. The Bertz CT molecular complexity index is 1370. The normalized spacial score (nSPS) is 21.8. The minimum Gasteiger partial charge on any atom is -0.477 e. The highest BCUT2D eigenvalue weighted by Gasteiger charge is 2.54. The molecule has 18 heteroatoms. The minimum atomic E-state index is -1.21. The fourth-order valence-corrected chi connectivity index (χ4v) is 6.70. The number of carboxylic acid groups (broad SMARTS) is 1. The van der Waals surface area contributed by atoms with Gasteiger partial charge in [0.1, 0.15) is 29.5 Å². The number of carboxylic acids is 1. The molecule has 0 saturated carbocycles. The Balaban J connectivity index is 1.30. The largest absolute Gasteiger partial charge is 0.477 e. The van der Waals surface area contributed by atoms with Gasteiger partial charge in [-0.05, 0) is 24.6 Å². The lowest BCUT2D eigenvalue weighted by Gasteiger charge is -2.49. The molecule has 1 aromatic heterocycles. The summed E-state index contributed by atoms with van der Waals surface area (Å²) in [5, 5.41) is 18.8. The van der Waals surface area contributed by atoms with Crippen molar-refractivity contribution >= 4 is 63.7 Å². The van der Waals surface area contributed by atoms with Crippen LogP contribution in [0.2, 0.25) is 0 Å². The summed E-state index contributed by atoms with van der Waals surface area (Å²) in [6.45, 7) is 2.72. The molecule has 4 aliphatic heterocycles. The number of β-lactam (4-membered cyclic amide) rings is 1. The van der Waals surface area contributed by atoms with Gasteiger partial charge in [-0.25, -0.2) is 9.80 Å². The molecule has 5 rings (SSSR count). The van der Waals surface area contributed by atoms with Crippen molar-refractivity contribution in [2.75, 3.05) is 36.9 Å². The predicted molar refractivity (Wildman–Crippen MR) is 151 cm³/mol. The van der Waals surface area contributed by atoms with Crippen LogP contribution >= 0.6 is 35.1 Å². The number of hydrogen-bond acceptors (Lipinski definition) is 15. The van der Waals surface area contributed by atoms with E-state index in [0.717, 1.165) is 28.1 Å². The second-order valence-electron chi connectivity index (χ2n) is 8.53. The topological polar surface area (TPSA) is 205 Å². The van der Waals surface area contributed by atoms with Crippen molar-refractivity contribution in [2.45, 2.75) is 18.3 Å². The molecule has 0 unspecified atom stereocenters. The molecule has 40 heavy (non-hydrogen) atoms. The third-order valence-electron chi connectivity index (χ3n) is 5.98. The average molecular weight is 607 g/mol. The van der Waals surface area contributed by atoms with Gasteiger partial charge in [-0.15, -0.1) is 23.5 Å². The third kappa shape index (κ3) is 5.34. The van der Waals surface area contributed by atoms with Crippen LogP contribution in [0.5, 0.6) is 0 Å². The number of aromatic nitrogens is 2. The van der Waals surface area contributed by atoms with E-state index in [1.807, 2.05) is 34.5 Å². The number of nitrogens with one attached hydrogen (secondary N) is 2. The van der Waals surface area contributed by atoms with Crippen molar-refractivity contribution in [3.63, 3.8) is 0 Å². The number of rotatable bonds is 11. The van der Waals surface area contributed by atoms with Crippen LogP contribution in [0.25, 0.3) is 0 Å². The van der Waals surface area contributed by atoms with Crippen molar-refractivity contribution < 1.29 is 24.3 Å². The fraction of sp³-hybridized carbons (Fsp3) is 0.364. The number of anilines is 1. The van der Waals surface area contributed by atoms with E-state index in [4.69, 9.17) is 16.3 Å². The number of fused-ring (bicyclic) bond motifs is 2. The van der Waals surface area contributed by atoms with Gasteiger partial charge in [-0.3, -0.25) is 19.9 Å². The van der Waals surface area contributed by atoms with Crippen LogP contribution in [0, 0.1) is 0 Å². The fourth-order valence-electron chi connectivity index (χ4n) is 4.26. The zero-order valence-electron chi connectivity index (χ0n) is 21.1. The molecule has 7 N–H and O–H groups in total. The molecular formula is C22H26N10O5S3. The van der Waals surface area contributed by atoms with Gasteiger partial charge < -0.3 is 31.6 Å². The first-order chi connectivity index (χ1) is 19.3. The summed E-state index contributed by atoms with van der Waals surface area (Å²) in [7, 11) is 0. The van der Waals surface area contributed by atoms with E-state index in [9.17, 15) is 19.5 Å². The van der Waals surface area contributed by atoms with Crippen molar-refractivity contribution in [1.82, 2.24) is 34.9 Å². The SMILES string of the molecule is CCO/N=C(\C(=O)N[C@@H]1C(=O)N2C(C(=O)O)=C(CN3C=CN4NC(SCCN)=CC=C34)CS[C@@H]12)c1nsc(N)n1. The van der Waals surface area contributed by atoms with Crippen LogP contribution < -0.4 is 22.2 Å². The molecule has 5 heterocycles. The van der Waals surface area contributed by atoms with E-state index in [-0.39, 0.29) is 35.5 Å². The number of carbonyl (C=O) groups excluding carboxylic acids is 2. The van der Waals surface area contributed by atoms with E-state index < -0.39 is 29.2 Å². The average Bonchev–Trinajstić information content (AvgIpc) is 3.55. The number of amides is 2. The molecule has 4 aliphatic rings. The molecule has 0 spiro atoms. The van der Waals surface area contributed by atoms with E-state index in [2.05, 4.69) is 25.3 Å². The molecule has 0 aliphatic carbocycles. The molecule has 15 nitrogen and oxygen atoms in total. The Kier molecular flexibility index (Phi) is 8.19. The second kappa shape index (κ2) is 11.8. The van der Waals surface area contributed by atoms with E-state index in [1.54, 1.807) is 18.7 Å². The number of hydrogen-bond donors (Lipinski definition) is 5. The molecule has 1 aromatic rings. The van der Waals surface area contributed by atoms with Crippen LogP contribution in [0.4, 0.5) is 5.13 Å². The molecule has 0 radical (unpaired) electrons. The summed E-state index contributed by atoms with van der Waals surface area (Å²) in [6, 6.07) is -0.960. The highest BCUT2D eigenvalue weighted by molar-refractivity contribution is 8.03. The smallest absolute Gasteiger partial charge is 0.352 e. The first kappa shape index (κ1) is 27.8. The monoisotopic (exact) mass is 606 g/mol. The standard InChI is InChI=1S/C22H26N10O5S3/c1-2-37-28-14(17-26-22(24)40-29-17)18(33)25-15-19(34)32-16(21(35)36)11(10-39-20(15)32)9-30-6-7-31-13(30)4-3-12(27-31)38-8-5-23/h3-4,6-7,15,20,27H,2,5,8-10,23H2,1H3,(H,25,33)(H,35,36)(H2,24,26,29)/b28-14-/t15-,20+/m1/s1. The van der Waals surface area contributed by atoms with Crippen LogP contribution in [-0.2, 0) is 19.2 Å². The summed E-state index contributed by atoms with van der Waals surface area (Å²) in [6.07, 6.45) is 7.55. The van der Waals surface area contributed by atoms with E-state index in [1.165, 1.54) is 16.7 Å². The van der Waals surface area contributed by atoms with Gasteiger partial charge in [0.25, 0.3) is 11.8 Å². The molecule has 1 fully saturated rings. The van der Waals surface area contributed by atoms with Gasteiger partial charge in [0, 0.05) is 48.5 Å². The molecule has 0 bridgehead atoms.